The molecule has 0 saturated carbocycles. The lowest BCUT2D eigenvalue weighted by molar-refractivity contribution is 0.660. The average molecular weight is 305 g/mol. The second kappa shape index (κ2) is 4.95. The van der Waals surface area contributed by atoms with Crippen molar-refractivity contribution in [2.75, 3.05) is 5.73 Å². The third-order valence-corrected chi connectivity index (χ3v) is 3.86. The molecule has 0 aliphatic carbocycles. The van der Waals surface area contributed by atoms with Crippen LogP contribution in [0.15, 0.2) is 53.3 Å². The molecule has 2 N–H and O–H groups in total. The molecule has 2 heterocycles. The van der Waals surface area contributed by atoms with Crippen LogP contribution in [0.3, 0.4) is 0 Å². The van der Waals surface area contributed by atoms with Crippen molar-refractivity contribution in [3.05, 3.63) is 70.1 Å². The zero-order valence-electron chi connectivity index (χ0n) is 12.6. The zero-order chi connectivity index (χ0) is 16.0. The first kappa shape index (κ1) is 13.5. The monoisotopic (exact) mass is 305 g/mol. The number of fused-ring (bicyclic) bond motifs is 3. The molecule has 0 radical (unpaired) electrons. The van der Waals surface area contributed by atoms with Crippen molar-refractivity contribution in [2.45, 2.75) is 13.5 Å². The first-order chi connectivity index (χ1) is 11.1. The molecule has 2 aromatic carbocycles. The lowest BCUT2D eigenvalue weighted by Crippen LogP contribution is -2.22. The van der Waals surface area contributed by atoms with Gasteiger partial charge in [0, 0.05) is 0 Å². The summed E-state index contributed by atoms with van der Waals surface area (Å²) in [6.45, 7) is 2.37. The van der Waals surface area contributed by atoms with Gasteiger partial charge in [0.1, 0.15) is 0 Å². The predicted octanol–water partition coefficient (Wildman–Crippen LogP) is 1.98. The van der Waals surface area contributed by atoms with Crippen molar-refractivity contribution < 1.29 is 0 Å². The Bertz CT molecular complexity index is 1080. The van der Waals surface area contributed by atoms with Gasteiger partial charge in [0.25, 0.3) is 0 Å². The third kappa shape index (κ3) is 2.15. The van der Waals surface area contributed by atoms with E-state index in [1.165, 1.54) is 9.08 Å². The van der Waals surface area contributed by atoms with E-state index < -0.39 is 0 Å². The van der Waals surface area contributed by atoms with Crippen LogP contribution in [-0.4, -0.2) is 19.2 Å². The van der Waals surface area contributed by atoms with Crippen molar-refractivity contribution >= 4 is 22.5 Å². The maximum atomic E-state index is 12.8. The van der Waals surface area contributed by atoms with E-state index in [2.05, 4.69) is 10.1 Å². The van der Waals surface area contributed by atoms with Gasteiger partial charge >= 0.3 is 5.69 Å². The van der Waals surface area contributed by atoms with E-state index in [0.29, 0.717) is 17.7 Å². The Morgan fingerprint density at radius 3 is 2.70 bits per heavy atom. The van der Waals surface area contributed by atoms with Gasteiger partial charge in [0.2, 0.25) is 5.65 Å². The number of hydrogen-bond acceptors (Lipinski definition) is 4. The molecule has 0 aliphatic rings. The molecule has 23 heavy (non-hydrogen) atoms. The van der Waals surface area contributed by atoms with Crippen molar-refractivity contribution in [3.63, 3.8) is 0 Å². The van der Waals surface area contributed by atoms with Gasteiger partial charge < -0.3 is 5.73 Å². The third-order valence-electron chi connectivity index (χ3n) is 3.86. The van der Waals surface area contributed by atoms with Crippen molar-refractivity contribution in [1.29, 1.82) is 0 Å². The highest BCUT2D eigenvalue weighted by atomic mass is 16.2. The lowest BCUT2D eigenvalue weighted by Gasteiger charge is -2.03. The van der Waals surface area contributed by atoms with Crippen molar-refractivity contribution in [2.24, 2.45) is 0 Å². The fourth-order valence-corrected chi connectivity index (χ4v) is 2.74. The maximum Gasteiger partial charge on any atom is 0.351 e. The summed E-state index contributed by atoms with van der Waals surface area (Å²) in [6.07, 6.45) is 0. The number of benzene rings is 2. The molecule has 0 unspecified atom stereocenters. The minimum Gasteiger partial charge on any atom is -0.381 e. The smallest absolute Gasteiger partial charge is 0.351 e. The molecule has 6 nitrogen and oxygen atoms in total. The Balaban J connectivity index is 2.00. The molecule has 4 rings (SSSR count). The molecule has 0 fully saturated rings. The number of nitrogen functional groups attached to an aromatic ring is 1. The van der Waals surface area contributed by atoms with Crippen LogP contribution in [0, 0.1) is 6.92 Å². The van der Waals surface area contributed by atoms with E-state index in [4.69, 9.17) is 5.73 Å². The van der Waals surface area contributed by atoms with Crippen LogP contribution in [0.25, 0.3) is 16.7 Å². The maximum absolute atomic E-state index is 12.8. The van der Waals surface area contributed by atoms with E-state index in [9.17, 15) is 4.79 Å². The topological polar surface area (TPSA) is 78.2 Å². The Labute approximate surface area is 131 Å². The van der Waals surface area contributed by atoms with Crippen LogP contribution in [0.5, 0.6) is 0 Å². The first-order valence-electron chi connectivity index (χ1n) is 7.33. The zero-order valence-corrected chi connectivity index (χ0v) is 12.6. The molecule has 0 spiro atoms. The number of rotatable bonds is 2. The second-order valence-electron chi connectivity index (χ2n) is 5.57. The fourth-order valence-electron chi connectivity index (χ4n) is 2.74. The molecule has 2 aromatic heterocycles. The van der Waals surface area contributed by atoms with Gasteiger partial charge in [-0.25, -0.2) is 18.9 Å². The van der Waals surface area contributed by atoms with Crippen LogP contribution in [0.1, 0.15) is 11.1 Å². The van der Waals surface area contributed by atoms with Gasteiger partial charge in [0.15, 0.2) is 5.82 Å². The molecular formula is C17H15N5O. The van der Waals surface area contributed by atoms with Gasteiger partial charge in [-0.1, -0.05) is 36.4 Å². The number of anilines is 1. The summed E-state index contributed by atoms with van der Waals surface area (Å²) in [5.74, 6) is 0.255. The van der Waals surface area contributed by atoms with Crippen LogP contribution >= 0.6 is 0 Å². The van der Waals surface area contributed by atoms with E-state index >= 15 is 0 Å². The minimum absolute atomic E-state index is 0.214. The highest BCUT2D eigenvalue weighted by Gasteiger charge is 2.14. The Kier molecular flexibility index (Phi) is 2.90. The van der Waals surface area contributed by atoms with E-state index in [1.54, 1.807) is 0 Å². The van der Waals surface area contributed by atoms with Gasteiger partial charge in [-0.05, 0) is 30.2 Å². The fraction of sp³-hybridized carbons (Fsp3) is 0.118. The van der Waals surface area contributed by atoms with Gasteiger partial charge in [-0.3, -0.25) is 0 Å². The minimum atomic E-state index is -0.214. The molecule has 4 aromatic rings. The molecule has 0 saturated heterocycles. The number of hydrogen-bond donors (Lipinski definition) is 1. The highest BCUT2D eigenvalue weighted by Crippen LogP contribution is 2.18. The van der Waals surface area contributed by atoms with E-state index in [-0.39, 0.29) is 11.5 Å². The Morgan fingerprint density at radius 1 is 1.13 bits per heavy atom. The standard InChI is InChI=1S/C17H15N5O/c1-11-7-8-13-14(9-11)22-16(15(18)19-13)20-21(17(22)23)10-12-5-3-2-4-6-12/h2-9H,10H2,1H3,(H2,18,19). The van der Waals surface area contributed by atoms with Crippen LogP contribution < -0.4 is 11.4 Å². The average Bonchev–Trinajstić information content (AvgIpc) is 2.87. The summed E-state index contributed by atoms with van der Waals surface area (Å²) < 4.78 is 2.96. The summed E-state index contributed by atoms with van der Waals surface area (Å²) >= 11 is 0. The number of nitrogens with zero attached hydrogens (tertiary/aromatic N) is 4. The normalized spacial score (nSPS) is 11.3. The summed E-state index contributed by atoms with van der Waals surface area (Å²) in [4.78, 5) is 17.1. The molecule has 0 bridgehead atoms. The SMILES string of the molecule is Cc1ccc2nc(N)c3nn(Cc4ccccc4)c(=O)n3c2c1. The van der Waals surface area contributed by atoms with Crippen LogP contribution in [0.4, 0.5) is 5.82 Å². The number of aryl methyl sites for hydroxylation is 1. The summed E-state index contributed by atoms with van der Waals surface area (Å²) in [6, 6.07) is 15.5. The molecule has 114 valence electrons. The van der Waals surface area contributed by atoms with Crippen LogP contribution in [0.2, 0.25) is 0 Å². The lowest BCUT2D eigenvalue weighted by atomic mass is 10.2. The molecule has 6 heteroatoms. The number of nitrogens with two attached hydrogens (primary N) is 1. The highest BCUT2D eigenvalue weighted by molar-refractivity contribution is 5.82. The molecule has 0 amide bonds. The molecule has 0 atom stereocenters. The van der Waals surface area contributed by atoms with Crippen molar-refractivity contribution in [3.8, 4) is 0 Å². The first-order valence-corrected chi connectivity index (χ1v) is 7.33. The van der Waals surface area contributed by atoms with E-state index in [1.807, 2.05) is 55.5 Å². The summed E-state index contributed by atoms with van der Waals surface area (Å²) in [7, 11) is 0. The van der Waals surface area contributed by atoms with Gasteiger partial charge in [0.05, 0.1) is 17.6 Å². The van der Waals surface area contributed by atoms with Crippen molar-refractivity contribution in [1.82, 2.24) is 19.2 Å². The number of aromatic nitrogens is 4. The predicted molar refractivity (Wildman–Crippen MR) is 89.4 cm³/mol. The van der Waals surface area contributed by atoms with E-state index in [0.717, 1.165) is 16.6 Å². The Hall–Kier alpha value is -3.15. The quantitative estimate of drug-likeness (QED) is 0.614. The van der Waals surface area contributed by atoms with Gasteiger partial charge in [-0.2, -0.15) is 0 Å². The van der Waals surface area contributed by atoms with Crippen LogP contribution in [-0.2, 0) is 6.54 Å². The summed E-state index contributed by atoms with van der Waals surface area (Å²) in [5, 5.41) is 4.37. The Morgan fingerprint density at radius 2 is 1.91 bits per heavy atom. The molecular weight excluding hydrogens is 290 g/mol. The summed E-state index contributed by atoms with van der Waals surface area (Å²) in [5.41, 5.74) is 9.62. The largest absolute Gasteiger partial charge is 0.381 e. The molecule has 0 aliphatic heterocycles. The second-order valence-corrected chi connectivity index (χ2v) is 5.57. The van der Waals surface area contributed by atoms with Gasteiger partial charge in [-0.15, -0.1) is 5.10 Å².